The number of aromatic amines is 2. The van der Waals surface area contributed by atoms with E-state index in [1.54, 1.807) is 17.5 Å². The maximum atomic E-state index is 4.98. The minimum absolute atomic E-state index is 0.666. The Hall–Kier alpha value is -3.95. The van der Waals surface area contributed by atoms with E-state index in [9.17, 15) is 0 Å². The smallest absolute Gasteiger partial charge is 0.161 e. The van der Waals surface area contributed by atoms with Crippen LogP contribution in [-0.4, -0.2) is 41.7 Å². The normalized spacial score (nSPS) is 14.3. The van der Waals surface area contributed by atoms with Crippen LogP contribution in [0.2, 0.25) is 0 Å². The van der Waals surface area contributed by atoms with E-state index in [1.165, 1.54) is 25.7 Å². The Morgan fingerprint density at radius 2 is 1.89 bits per heavy atom. The summed E-state index contributed by atoms with van der Waals surface area (Å²) in [5.41, 5.74) is 7.94. The van der Waals surface area contributed by atoms with Gasteiger partial charge in [-0.05, 0) is 66.6 Å². The topological polar surface area (TPSA) is 108 Å². The van der Waals surface area contributed by atoms with Gasteiger partial charge < -0.3 is 10.3 Å². The van der Waals surface area contributed by atoms with Gasteiger partial charge in [0.15, 0.2) is 11.5 Å². The van der Waals surface area contributed by atoms with Crippen molar-refractivity contribution in [1.29, 1.82) is 0 Å². The fourth-order valence-corrected chi connectivity index (χ4v) is 5.95. The van der Waals surface area contributed by atoms with Crippen molar-refractivity contribution in [2.45, 2.75) is 32.2 Å². The third kappa shape index (κ3) is 4.30. The third-order valence-corrected chi connectivity index (χ3v) is 7.99. The van der Waals surface area contributed by atoms with E-state index >= 15 is 0 Å². The SMILES string of the molecule is c1csc(-c2nccc3[nH]c(-c4n[nH]c5ccc(-c6cncc(CNCC7CCCC7)c6)nc45)nc23)c1. The summed E-state index contributed by atoms with van der Waals surface area (Å²) < 4.78 is 0. The number of nitrogens with zero attached hydrogens (tertiary/aromatic N) is 5. The van der Waals surface area contributed by atoms with Crippen molar-refractivity contribution in [2.75, 3.05) is 6.54 Å². The molecule has 0 saturated heterocycles. The quantitative estimate of drug-likeness (QED) is 0.246. The van der Waals surface area contributed by atoms with Gasteiger partial charge in [-0.3, -0.25) is 15.1 Å². The number of nitrogens with one attached hydrogen (secondary N) is 3. The van der Waals surface area contributed by atoms with E-state index in [0.717, 1.165) is 68.5 Å². The van der Waals surface area contributed by atoms with Crippen molar-refractivity contribution in [3.05, 3.63) is 65.9 Å². The monoisotopic (exact) mass is 506 g/mol. The molecule has 3 N–H and O–H groups in total. The molecule has 0 unspecified atom stereocenters. The molecule has 7 rings (SSSR count). The summed E-state index contributed by atoms with van der Waals surface area (Å²) in [5, 5.41) is 13.3. The van der Waals surface area contributed by atoms with Crippen LogP contribution in [0.4, 0.5) is 0 Å². The van der Waals surface area contributed by atoms with Crippen LogP contribution < -0.4 is 5.32 Å². The third-order valence-electron chi connectivity index (χ3n) is 7.12. The van der Waals surface area contributed by atoms with E-state index in [-0.39, 0.29) is 0 Å². The first-order valence-electron chi connectivity index (χ1n) is 12.7. The zero-order valence-electron chi connectivity index (χ0n) is 20.2. The van der Waals surface area contributed by atoms with Crippen LogP contribution in [0.1, 0.15) is 31.2 Å². The summed E-state index contributed by atoms with van der Waals surface area (Å²) in [4.78, 5) is 23.5. The lowest BCUT2D eigenvalue weighted by Gasteiger charge is -2.11. The van der Waals surface area contributed by atoms with Crippen LogP contribution in [0.15, 0.2) is 60.4 Å². The minimum Gasteiger partial charge on any atom is -0.336 e. The van der Waals surface area contributed by atoms with Gasteiger partial charge in [0, 0.05) is 30.7 Å². The highest BCUT2D eigenvalue weighted by Crippen LogP contribution is 2.32. The van der Waals surface area contributed by atoms with Gasteiger partial charge in [-0.1, -0.05) is 18.9 Å². The molecule has 1 aliphatic rings. The molecule has 0 atom stereocenters. The van der Waals surface area contributed by atoms with Gasteiger partial charge in [-0.2, -0.15) is 5.10 Å². The van der Waals surface area contributed by atoms with Crippen molar-refractivity contribution in [3.63, 3.8) is 0 Å². The average Bonchev–Trinajstić information content (AvgIpc) is 3.74. The number of thiophene rings is 1. The molecule has 1 aliphatic carbocycles. The van der Waals surface area contributed by atoms with Crippen molar-refractivity contribution in [2.24, 2.45) is 5.92 Å². The highest BCUT2D eigenvalue weighted by molar-refractivity contribution is 7.13. The first-order valence-corrected chi connectivity index (χ1v) is 13.6. The van der Waals surface area contributed by atoms with Gasteiger partial charge in [-0.15, -0.1) is 11.3 Å². The molecule has 0 spiro atoms. The summed E-state index contributed by atoms with van der Waals surface area (Å²) in [6.45, 7) is 1.89. The van der Waals surface area contributed by atoms with E-state index < -0.39 is 0 Å². The number of hydrogen-bond donors (Lipinski definition) is 3. The molecule has 6 aromatic heterocycles. The Morgan fingerprint density at radius 1 is 0.973 bits per heavy atom. The van der Waals surface area contributed by atoms with Crippen LogP contribution in [0.25, 0.3) is 55.4 Å². The fourth-order valence-electron chi connectivity index (χ4n) is 5.23. The summed E-state index contributed by atoms with van der Waals surface area (Å²) in [6, 6.07) is 12.2. The highest BCUT2D eigenvalue weighted by atomic mass is 32.1. The number of aromatic nitrogens is 7. The lowest BCUT2D eigenvalue weighted by atomic mass is 10.1. The van der Waals surface area contributed by atoms with Crippen molar-refractivity contribution in [1.82, 2.24) is 40.4 Å². The Morgan fingerprint density at radius 3 is 2.78 bits per heavy atom. The Labute approximate surface area is 217 Å². The molecule has 184 valence electrons. The summed E-state index contributed by atoms with van der Waals surface area (Å²) >= 11 is 1.65. The second kappa shape index (κ2) is 9.49. The second-order valence-electron chi connectivity index (χ2n) is 9.65. The molecule has 6 aromatic rings. The lowest BCUT2D eigenvalue weighted by Crippen LogP contribution is -2.20. The minimum atomic E-state index is 0.666. The predicted molar refractivity (Wildman–Crippen MR) is 147 cm³/mol. The molecular formula is C28H26N8S. The van der Waals surface area contributed by atoms with Crippen LogP contribution in [0.5, 0.6) is 0 Å². The summed E-state index contributed by atoms with van der Waals surface area (Å²) in [5.74, 6) is 1.48. The van der Waals surface area contributed by atoms with E-state index in [0.29, 0.717) is 11.5 Å². The maximum Gasteiger partial charge on any atom is 0.161 e. The van der Waals surface area contributed by atoms with Crippen molar-refractivity contribution < 1.29 is 0 Å². The Bertz CT molecular complexity index is 1680. The molecular weight excluding hydrogens is 480 g/mol. The van der Waals surface area contributed by atoms with Crippen LogP contribution in [0, 0.1) is 5.92 Å². The lowest BCUT2D eigenvalue weighted by molar-refractivity contribution is 0.489. The molecule has 6 heterocycles. The summed E-state index contributed by atoms with van der Waals surface area (Å²) in [7, 11) is 0. The van der Waals surface area contributed by atoms with E-state index in [2.05, 4.69) is 42.6 Å². The molecule has 0 bridgehead atoms. The number of imidazole rings is 1. The van der Waals surface area contributed by atoms with Gasteiger partial charge >= 0.3 is 0 Å². The Balaban J connectivity index is 1.20. The number of fused-ring (bicyclic) bond motifs is 2. The molecule has 0 aromatic carbocycles. The molecule has 0 amide bonds. The van der Waals surface area contributed by atoms with Crippen LogP contribution in [-0.2, 0) is 6.54 Å². The number of rotatable bonds is 7. The average molecular weight is 507 g/mol. The molecule has 1 fully saturated rings. The van der Waals surface area contributed by atoms with Gasteiger partial charge in [0.1, 0.15) is 16.7 Å². The Kier molecular flexibility index (Phi) is 5.71. The number of hydrogen-bond acceptors (Lipinski definition) is 7. The van der Waals surface area contributed by atoms with Crippen molar-refractivity contribution >= 4 is 33.4 Å². The molecule has 1 saturated carbocycles. The van der Waals surface area contributed by atoms with Crippen molar-refractivity contribution in [3.8, 4) is 33.3 Å². The number of H-pyrrole nitrogens is 2. The zero-order chi connectivity index (χ0) is 24.6. The van der Waals surface area contributed by atoms with E-state index in [4.69, 9.17) is 9.97 Å². The predicted octanol–water partition coefficient (Wildman–Crippen LogP) is 5.97. The van der Waals surface area contributed by atoms with Gasteiger partial charge in [-0.25, -0.2) is 9.97 Å². The standard InChI is InChI=1S/C28H26N8S/c1-2-5-17(4-1)13-29-14-18-12-19(16-30-15-18)20-7-8-22-25(32-20)27(36-35-22)28-33-21-9-10-31-26(24(21)34-28)23-6-3-11-37-23/h3,6-12,15-17,29H,1-2,4-5,13-14H2,(H,33,34)(H,35,36). The first-order chi connectivity index (χ1) is 18.3. The number of pyridine rings is 3. The van der Waals surface area contributed by atoms with Crippen LogP contribution >= 0.6 is 11.3 Å². The zero-order valence-corrected chi connectivity index (χ0v) is 21.1. The van der Waals surface area contributed by atoms with Gasteiger partial charge in [0.05, 0.1) is 21.6 Å². The van der Waals surface area contributed by atoms with E-state index in [1.807, 2.05) is 42.0 Å². The van der Waals surface area contributed by atoms with Gasteiger partial charge in [0.25, 0.3) is 0 Å². The largest absolute Gasteiger partial charge is 0.336 e. The molecule has 8 nitrogen and oxygen atoms in total. The first kappa shape index (κ1) is 22.3. The molecule has 0 radical (unpaired) electrons. The highest BCUT2D eigenvalue weighted by Gasteiger charge is 2.18. The summed E-state index contributed by atoms with van der Waals surface area (Å²) in [6.07, 6.45) is 11.0. The van der Waals surface area contributed by atoms with Gasteiger partial charge in [0.2, 0.25) is 0 Å². The molecule has 0 aliphatic heterocycles. The maximum absolute atomic E-state index is 4.98. The van der Waals surface area contributed by atoms with Crippen LogP contribution in [0.3, 0.4) is 0 Å². The molecule has 37 heavy (non-hydrogen) atoms. The second-order valence-corrected chi connectivity index (χ2v) is 10.6. The fraction of sp³-hybridized carbons (Fsp3) is 0.250. The molecule has 9 heteroatoms.